The molecule has 0 bridgehead atoms. The molecule has 0 aromatic rings. The molecule has 0 saturated heterocycles. The van der Waals surface area contributed by atoms with Crippen molar-refractivity contribution in [2.24, 2.45) is 0 Å². The Kier molecular flexibility index (Phi) is 8.78. The van der Waals surface area contributed by atoms with E-state index < -0.39 is 11.6 Å². The maximum Gasteiger partial charge on any atom is 0.162 e. The quantitative estimate of drug-likeness (QED) is 0.340. The van der Waals surface area contributed by atoms with Crippen molar-refractivity contribution in [2.45, 2.75) is 89.6 Å². The van der Waals surface area contributed by atoms with Crippen LogP contribution in [0.1, 0.15) is 78.1 Å². The first-order valence-electron chi connectivity index (χ1n) is 7.22. The molecule has 0 aliphatic carbocycles. The molecule has 110 valence electrons. The second-order valence-electron chi connectivity index (χ2n) is 5.38. The van der Waals surface area contributed by atoms with E-state index in [4.69, 9.17) is 0 Å². The van der Waals surface area contributed by atoms with E-state index in [0.717, 1.165) is 25.7 Å². The highest BCUT2D eigenvalue weighted by Gasteiger charge is 2.24. The Morgan fingerprint density at radius 3 is 1.11 bits per heavy atom. The predicted octanol–water partition coefficient (Wildman–Crippen LogP) is 2.29. The van der Waals surface area contributed by atoms with Crippen LogP contribution in [0.25, 0.3) is 0 Å². The second kappa shape index (κ2) is 8.86. The van der Waals surface area contributed by atoms with E-state index in [9.17, 15) is 20.4 Å². The van der Waals surface area contributed by atoms with Crippen LogP contribution in [0.3, 0.4) is 0 Å². The zero-order valence-electron chi connectivity index (χ0n) is 11.9. The van der Waals surface area contributed by atoms with Crippen molar-refractivity contribution in [2.75, 3.05) is 0 Å². The first-order chi connectivity index (χ1) is 8.33. The summed E-state index contributed by atoms with van der Waals surface area (Å²) in [5.74, 6) is -3.18. The van der Waals surface area contributed by atoms with E-state index in [1.54, 1.807) is 0 Å². The molecule has 0 radical (unpaired) electrons. The molecule has 4 N–H and O–H groups in total. The summed E-state index contributed by atoms with van der Waals surface area (Å²) in [4.78, 5) is 0. The van der Waals surface area contributed by atoms with Crippen LogP contribution in [0.5, 0.6) is 0 Å². The van der Waals surface area contributed by atoms with Gasteiger partial charge in [-0.2, -0.15) is 0 Å². The summed E-state index contributed by atoms with van der Waals surface area (Å²) in [5.41, 5.74) is 0. The third kappa shape index (κ3) is 9.83. The first kappa shape index (κ1) is 17.8. The van der Waals surface area contributed by atoms with Gasteiger partial charge in [-0.1, -0.05) is 26.7 Å². The molecule has 4 heteroatoms. The Balaban J connectivity index is 3.71. The number of unbranched alkanes of at least 4 members (excludes halogenated alkanes) is 3. The molecule has 0 fully saturated rings. The second-order valence-corrected chi connectivity index (χ2v) is 5.38. The highest BCUT2D eigenvalue weighted by atomic mass is 16.5. The number of rotatable bonds is 11. The van der Waals surface area contributed by atoms with Crippen LogP contribution in [0, 0.1) is 0 Å². The molecule has 0 aliphatic rings. The third-order valence-corrected chi connectivity index (χ3v) is 3.27. The molecule has 0 aromatic heterocycles. The highest BCUT2D eigenvalue weighted by molar-refractivity contribution is 4.68. The Morgan fingerprint density at radius 2 is 0.833 bits per heavy atom. The van der Waals surface area contributed by atoms with E-state index in [-0.39, 0.29) is 0 Å². The maximum absolute atomic E-state index is 9.65. The van der Waals surface area contributed by atoms with Gasteiger partial charge in [0.2, 0.25) is 0 Å². The standard InChI is InChI=1S/C14H30O4/c1-3-5-9-13(15,16)11-7-8-12-14(17,18)10-6-4-2/h15-18H,3-12H2,1-2H3. The fraction of sp³-hybridized carbons (Fsp3) is 1.00. The van der Waals surface area contributed by atoms with Gasteiger partial charge in [0.15, 0.2) is 11.6 Å². The molecule has 0 atom stereocenters. The summed E-state index contributed by atoms with van der Waals surface area (Å²) < 4.78 is 0. The van der Waals surface area contributed by atoms with Crippen LogP contribution in [0.2, 0.25) is 0 Å². The van der Waals surface area contributed by atoms with Gasteiger partial charge < -0.3 is 20.4 Å². The summed E-state index contributed by atoms with van der Waals surface area (Å²) in [5, 5.41) is 38.6. The van der Waals surface area contributed by atoms with Gasteiger partial charge >= 0.3 is 0 Å². The Bertz CT molecular complexity index is 180. The normalized spacial score (nSPS) is 13.0. The molecule has 0 saturated carbocycles. The van der Waals surface area contributed by atoms with Gasteiger partial charge in [0.25, 0.3) is 0 Å². The van der Waals surface area contributed by atoms with Crippen LogP contribution in [-0.2, 0) is 0 Å². The lowest BCUT2D eigenvalue weighted by molar-refractivity contribution is -0.181. The van der Waals surface area contributed by atoms with Crippen LogP contribution in [0.4, 0.5) is 0 Å². The third-order valence-electron chi connectivity index (χ3n) is 3.27. The van der Waals surface area contributed by atoms with Crippen LogP contribution < -0.4 is 0 Å². The number of hydrogen-bond donors (Lipinski definition) is 4. The summed E-state index contributed by atoms with van der Waals surface area (Å²) in [6.07, 6.45) is 6.07. The lowest BCUT2D eigenvalue weighted by Gasteiger charge is -2.24. The average molecular weight is 262 g/mol. The van der Waals surface area contributed by atoms with Gasteiger partial charge in [-0.3, -0.25) is 0 Å². The smallest absolute Gasteiger partial charge is 0.162 e. The van der Waals surface area contributed by atoms with Crippen LogP contribution in [-0.4, -0.2) is 32.0 Å². The first-order valence-corrected chi connectivity index (χ1v) is 7.22. The Hall–Kier alpha value is -0.160. The maximum atomic E-state index is 9.65. The van der Waals surface area contributed by atoms with E-state index in [1.807, 2.05) is 13.8 Å². The topological polar surface area (TPSA) is 80.9 Å². The number of aliphatic hydroxyl groups is 4. The van der Waals surface area contributed by atoms with Crippen LogP contribution >= 0.6 is 0 Å². The van der Waals surface area contributed by atoms with Gasteiger partial charge in [0, 0.05) is 25.7 Å². The van der Waals surface area contributed by atoms with Crippen molar-refractivity contribution < 1.29 is 20.4 Å². The van der Waals surface area contributed by atoms with Gasteiger partial charge in [0.05, 0.1) is 0 Å². The minimum absolute atomic E-state index is 0.302. The molecule has 0 heterocycles. The lowest BCUT2D eigenvalue weighted by atomic mass is 9.98. The van der Waals surface area contributed by atoms with Crippen molar-refractivity contribution in [3.8, 4) is 0 Å². The summed E-state index contributed by atoms with van der Waals surface area (Å²) >= 11 is 0. The molecule has 0 rings (SSSR count). The lowest BCUT2D eigenvalue weighted by Crippen LogP contribution is -2.29. The largest absolute Gasteiger partial charge is 0.366 e. The van der Waals surface area contributed by atoms with Crippen LogP contribution in [0.15, 0.2) is 0 Å². The zero-order chi connectivity index (χ0) is 14.1. The van der Waals surface area contributed by atoms with Gasteiger partial charge in [-0.05, 0) is 25.7 Å². The minimum atomic E-state index is -1.59. The molecule has 4 nitrogen and oxygen atoms in total. The van der Waals surface area contributed by atoms with E-state index in [2.05, 4.69) is 0 Å². The molecule has 0 aliphatic heterocycles. The Labute approximate surface area is 111 Å². The highest BCUT2D eigenvalue weighted by Crippen LogP contribution is 2.22. The molecular formula is C14H30O4. The summed E-state index contributed by atoms with van der Waals surface area (Å²) in [7, 11) is 0. The SMILES string of the molecule is CCCCC(O)(O)CCCCC(O)(O)CCCC. The predicted molar refractivity (Wildman–Crippen MR) is 71.9 cm³/mol. The molecule has 0 amide bonds. The van der Waals surface area contributed by atoms with Gasteiger partial charge in [0.1, 0.15) is 0 Å². The van der Waals surface area contributed by atoms with Crippen molar-refractivity contribution in [1.82, 2.24) is 0 Å². The monoisotopic (exact) mass is 262 g/mol. The van der Waals surface area contributed by atoms with Gasteiger partial charge in [-0.15, -0.1) is 0 Å². The van der Waals surface area contributed by atoms with E-state index in [0.29, 0.717) is 38.5 Å². The summed E-state index contributed by atoms with van der Waals surface area (Å²) in [6, 6.07) is 0. The minimum Gasteiger partial charge on any atom is -0.366 e. The Morgan fingerprint density at radius 1 is 0.556 bits per heavy atom. The molecule has 0 unspecified atom stereocenters. The van der Waals surface area contributed by atoms with Gasteiger partial charge in [-0.25, -0.2) is 0 Å². The molecule has 18 heavy (non-hydrogen) atoms. The molecule has 0 spiro atoms. The van der Waals surface area contributed by atoms with Crippen molar-refractivity contribution >= 4 is 0 Å². The summed E-state index contributed by atoms with van der Waals surface area (Å²) in [6.45, 7) is 4.02. The fourth-order valence-electron chi connectivity index (χ4n) is 1.99. The number of hydrogen-bond acceptors (Lipinski definition) is 4. The van der Waals surface area contributed by atoms with Crippen molar-refractivity contribution in [3.63, 3.8) is 0 Å². The van der Waals surface area contributed by atoms with E-state index >= 15 is 0 Å². The van der Waals surface area contributed by atoms with E-state index in [1.165, 1.54) is 0 Å². The fourth-order valence-corrected chi connectivity index (χ4v) is 1.99. The van der Waals surface area contributed by atoms with Crippen molar-refractivity contribution in [3.05, 3.63) is 0 Å². The molecule has 0 aromatic carbocycles. The molecular weight excluding hydrogens is 232 g/mol. The average Bonchev–Trinajstić information content (AvgIpc) is 2.30. The van der Waals surface area contributed by atoms with Crippen molar-refractivity contribution in [1.29, 1.82) is 0 Å². The zero-order valence-corrected chi connectivity index (χ0v) is 11.9.